The van der Waals surface area contributed by atoms with Crippen molar-refractivity contribution in [3.63, 3.8) is 0 Å². The molecule has 1 amide bonds. The molecular weight excluding hydrogens is 344 g/mol. The molecule has 3 rings (SSSR count). The number of carbonyl (C=O) groups is 1. The summed E-state index contributed by atoms with van der Waals surface area (Å²) < 4.78 is 34.2. The Morgan fingerprint density at radius 1 is 1.20 bits per heavy atom. The first-order valence-corrected chi connectivity index (χ1v) is 9.21. The van der Waals surface area contributed by atoms with Gasteiger partial charge in [-0.25, -0.2) is 13.6 Å². The third-order valence-electron chi connectivity index (χ3n) is 3.64. The van der Waals surface area contributed by atoms with Crippen molar-refractivity contribution >= 4 is 21.6 Å². The molecule has 0 spiro atoms. The molecule has 3 N–H and O–H groups in total. The van der Waals surface area contributed by atoms with Gasteiger partial charge in [0.25, 0.3) is 0 Å². The molecule has 1 heterocycles. The summed E-state index contributed by atoms with van der Waals surface area (Å²) in [6.45, 7) is 0.805. The van der Waals surface area contributed by atoms with Gasteiger partial charge in [0.05, 0.1) is 19.6 Å². The Morgan fingerprint density at radius 3 is 2.52 bits per heavy atom. The number of ether oxygens (including phenoxy) is 2. The van der Waals surface area contributed by atoms with Gasteiger partial charge in [-0.3, -0.25) is 4.79 Å². The fourth-order valence-corrected chi connectivity index (χ4v) is 3.04. The molecule has 0 saturated carbocycles. The van der Waals surface area contributed by atoms with Crippen LogP contribution in [0.15, 0.2) is 53.4 Å². The molecule has 1 aliphatic heterocycles. The van der Waals surface area contributed by atoms with Crippen LogP contribution in [0, 0.1) is 0 Å². The minimum atomic E-state index is -4.00. The summed E-state index contributed by atoms with van der Waals surface area (Å²) in [5.74, 6) is -0.107. The van der Waals surface area contributed by atoms with Crippen molar-refractivity contribution < 1.29 is 22.7 Å². The summed E-state index contributed by atoms with van der Waals surface area (Å²) in [6, 6.07) is 13.6. The highest BCUT2D eigenvalue weighted by Crippen LogP contribution is 2.28. The van der Waals surface area contributed by atoms with Crippen molar-refractivity contribution in [3.8, 4) is 5.75 Å². The second kappa shape index (κ2) is 7.22. The number of nitrogens with one attached hydrogen (secondary N) is 1. The lowest BCUT2D eigenvalue weighted by atomic mass is 10.1. The van der Waals surface area contributed by atoms with Crippen LogP contribution in [0.4, 0.5) is 5.69 Å². The number of sulfonamides is 1. The lowest BCUT2D eigenvalue weighted by Gasteiger charge is -2.27. The number of primary sulfonamides is 1. The molecule has 0 aliphatic carbocycles. The van der Waals surface area contributed by atoms with Gasteiger partial charge in [0.1, 0.15) is 16.7 Å². The van der Waals surface area contributed by atoms with Crippen LogP contribution in [0.2, 0.25) is 0 Å². The highest BCUT2D eigenvalue weighted by molar-refractivity contribution is 7.89. The van der Waals surface area contributed by atoms with Gasteiger partial charge in [-0.2, -0.15) is 0 Å². The molecule has 25 heavy (non-hydrogen) atoms. The first-order valence-electron chi connectivity index (χ1n) is 7.67. The van der Waals surface area contributed by atoms with E-state index in [-0.39, 0.29) is 29.1 Å². The summed E-state index contributed by atoms with van der Waals surface area (Å²) in [6.07, 6.45) is -0.0116. The molecule has 7 nitrogen and oxygen atoms in total. The minimum Gasteiger partial charge on any atom is -0.484 e. The largest absolute Gasteiger partial charge is 0.484 e. The van der Waals surface area contributed by atoms with Gasteiger partial charge in [-0.1, -0.05) is 30.3 Å². The SMILES string of the molecule is NS(=O)(=O)c1cc(NC(=O)Cc2ccccc2)ccc1OC1COC1. The average Bonchev–Trinajstić information content (AvgIpc) is 2.51. The quantitative estimate of drug-likeness (QED) is 0.805. The third-order valence-corrected chi connectivity index (χ3v) is 4.57. The van der Waals surface area contributed by atoms with Crippen molar-refractivity contribution in [3.05, 3.63) is 54.1 Å². The van der Waals surface area contributed by atoms with Gasteiger partial charge in [0.15, 0.2) is 0 Å². The average molecular weight is 362 g/mol. The molecule has 8 heteroatoms. The van der Waals surface area contributed by atoms with E-state index in [1.54, 1.807) is 6.07 Å². The normalized spacial score (nSPS) is 14.6. The Labute approximate surface area is 145 Å². The number of amides is 1. The molecule has 0 atom stereocenters. The third kappa shape index (κ3) is 4.56. The zero-order chi connectivity index (χ0) is 17.9. The summed E-state index contributed by atoms with van der Waals surface area (Å²) >= 11 is 0. The van der Waals surface area contributed by atoms with E-state index in [0.29, 0.717) is 18.9 Å². The second-order valence-electron chi connectivity index (χ2n) is 5.69. The lowest BCUT2D eigenvalue weighted by molar-refractivity contribution is -0.115. The Morgan fingerprint density at radius 2 is 1.92 bits per heavy atom. The Bertz CT molecular complexity index is 864. The van der Waals surface area contributed by atoms with Gasteiger partial charge >= 0.3 is 0 Å². The number of benzene rings is 2. The number of nitrogens with two attached hydrogens (primary N) is 1. The number of hydrogen-bond acceptors (Lipinski definition) is 5. The van der Waals surface area contributed by atoms with E-state index in [0.717, 1.165) is 5.56 Å². The van der Waals surface area contributed by atoms with Gasteiger partial charge in [0.2, 0.25) is 15.9 Å². The van der Waals surface area contributed by atoms with Crippen LogP contribution in [-0.4, -0.2) is 33.6 Å². The summed E-state index contributed by atoms with van der Waals surface area (Å²) in [7, 11) is -4.00. The van der Waals surface area contributed by atoms with Crippen LogP contribution in [0.5, 0.6) is 5.75 Å². The molecule has 0 aromatic heterocycles. The van der Waals surface area contributed by atoms with E-state index in [2.05, 4.69) is 5.32 Å². The van der Waals surface area contributed by atoms with E-state index < -0.39 is 10.0 Å². The molecule has 2 aromatic carbocycles. The highest BCUT2D eigenvalue weighted by Gasteiger charge is 2.24. The van der Waals surface area contributed by atoms with Crippen LogP contribution in [0.3, 0.4) is 0 Å². The van der Waals surface area contributed by atoms with Crippen molar-refractivity contribution in [2.45, 2.75) is 17.4 Å². The fraction of sp³-hybridized carbons (Fsp3) is 0.235. The van der Waals surface area contributed by atoms with E-state index in [4.69, 9.17) is 14.6 Å². The van der Waals surface area contributed by atoms with Crippen molar-refractivity contribution in [2.24, 2.45) is 5.14 Å². The van der Waals surface area contributed by atoms with E-state index in [1.807, 2.05) is 30.3 Å². The maximum absolute atomic E-state index is 12.1. The molecular formula is C17H18N2O5S. The van der Waals surface area contributed by atoms with Gasteiger partial charge in [0, 0.05) is 5.69 Å². The number of rotatable bonds is 6. The Kier molecular flexibility index (Phi) is 5.03. The predicted octanol–water partition coefficient (Wildman–Crippen LogP) is 1.29. The fourth-order valence-electron chi connectivity index (χ4n) is 2.35. The van der Waals surface area contributed by atoms with Crippen LogP contribution >= 0.6 is 0 Å². The smallest absolute Gasteiger partial charge is 0.241 e. The molecule has 1 saturated heterocycles. The van der Waals surface area contributed by atoms with Crippen LogP contribution in [-0.2, 0) is 26.0 Å². The second-order valence-corrected chi connectivity index (χ2v) is 7.22. The summed E-state index contributed by atoms with van der Waals surface area (Å²) in [5, 5.41) is 7.94. The monoisotopic (exact) mass is 362 g/mol. The first-order chi connectivity index (χ1) is 11.9. The first kappa shape index (κ1) is 17.4. The van der Waals surface area contributed by atoms with E-state index >= 15 is 0 Å². The molecule has 0 bridgehead atoms. The topological polar surface area (TPSA) is 108 Å². The van der Waals surface area contributed by atoms with Gasteiger partial charge < -0.3 is 14.8 Å². The molecule has 0 unspecified atom stereocenters. The van der Waals surface area contributed by atoms with E-state index in [9.17, 15) is 13.2 Å². The van der Waals surface area contributed by atoms with Gasteiger partial charge in [-0.15, -0.1) is 0 Å². The molecule has 132 valence electrons. The molecule has 2 aromatic rings. The van der Waals surface area contributed by atoms with Crippen LogP contribution in [0.25, 0.3) is 0 Å². The predicted molar refractivity (Wildman–Crippen MR) is 91.8 cm³/mol. The minimum absolute atomic E-state index is 0.150. The standard InChI is InChI=1S/C17H18N2O5S/c18-25(21,22)16-9-13(6-7-15(16)24-14-10-23-11-14)19-17(20)8-12-4-2-1-3-5-12/h1-7,9,14H,8,10-11H2,(H,19,20)(H2,18,21,22). The highest BCUT2D eigenvalue weighted by atomic mass is 32.2. The number of hydrogen-bond donors (Lipinski definition) is 2. The Hall–Kier alpha value is -2.42. The number of carbonyl (C=O) groups excluding carboxylic acids is 1. The van der Waals surface area contributed by atoms with E-state index in [1.165, 1.54) is 12.1 Å². The summed E-state index contributed by atoms with van der Waals surface area (Å²) in [5.41, 5.74) is 1.19. The zero-order valence-electron chi connectivity index (χ0n) is 13.3. The Balaban J connectivity index is 1.76. The van der Waals surface area contributed by atoms with Crippen molar-refractivity contribution in [1.29, 1.82) is 0 Å². The molecule has 0 radical (unpaired) electrons. The summed E-state index contributed by atoms with van der Waals surface area (Å²) in [4.78, 5) is 12.0. The van der Waals surface area contributed by atoms with Crippen LogP contribution in [0.1, 0.15) is 5.56 Å². The number of anilines is 1. The molecule has 1 aliphatic rings. The molecule has 1 fully saturated rings. The van der Waals surface area contributed by atoms with Crippen molar-refractivity contribution in [2.75, 3.05) is 18.5 Å². The maximum atomic E-state index is 12.1. The maximum Gasteiger partial charge on any atom is 0.241 e. The van der Waals surface area contributed by atoms with Crippen molar-refractivity contribution in [1.82, 2.24) is 0 Å². The lowest BCUT2D eigenvalue weighted by Crippen LogP contribution is -2.39. The van der Waals surface area contributed by atoms with Crippen LogP contribution < -0.4 is 15.2 Å². The van der Waals surface area contributed by atoms with Gasteiger partial charge in [-0.05, 0) is 23.8 Å². The zero-order valence-corrected chi connectivity index (χ0v) is 14.2.